The molecular formula is C19H26N2O4S. The van der Waals surface area contributed by atoms with Crippen LogP contribution in [0, 0.1) is 0 Å². The standard InChI is InChI=1S/C19H26N2O4S/c1-19(2)10-6-9-14(18(25)21(19)12-16(22)23)20-17(24)15(26)11-13-7-4-3-5-8-13/h3-5,7-8,14-15,26H,6,9-12H2,1-2H3,(H,20,24)(H,22,23)/t14-,15?/m0/s1. The van der Waals surface area contributed by atoms with Crippen LogP contribution in [0.15, 0.2) is 30.3 Å². The SMILES string of the molecule is CC1(C)CCC[C@H](NC(=O)C(S)Cc2ccccc2)C(=O)N1CC(=O)O. The van der Waals surface area contributed by atoms with Crippen LogP contribution < -0.4 is 5.32 Å². The number of aliphatic carboxylic acids is 1. The number of benzene rings is 1. The lowest BCUT2D eigenvalue weighted by atomic mass is 9.97. The van der Waals surface area contributed by atoms with Gasteiger partial charge < -0.3 is 15.3 Å². The Morgan fingerprint density at radius 3 is 2.62 bits per heavy atom. The second kappa shape index (κ2) is 8.58. The van der Waals surface area contributed by atoms with Crippen molar-refractivity contribution >= 4 is 30.4 Å². The first-order valence-corrected chi connectivity index (χ1v) is 9.28. The first kappa shape index (κ1) is 20.3. The topological polar surface area (TPSA) is 86.7 Å². The third-order valence-electron chi connectivity index (χ3n) is 4.76. The molecule has 2 N–H and O–H groups in total. The lowest BCUT2D eigenvalue weighted by Gasteiger charge is -2.37. The highest BCUT2D eigenvalue weighted by molar-refractivity contribution is 7.81. The van der Waals surface area contributed by atoms with Gasteiger partial charge in [0.1, 0.15) is 12.6 Å². The van der Waals surface area contributed by atoms with Crippen LogP contribution in [0.5, 0.6) is 0 Å². The van der Waals surface area contributed by atoms with Crippen LogP contribution in [0.1, 0.15) is 38.7 Å². The van der Waals surface area contributed by atoms with Gasteiger partial charge in [-0.2, -0.15) is 12.6 Å². The predicted octanol–water partition coefficient (Wildman–Crippen LogP) is 1.89. The fourth-order valence-electron chi connectivity index (χ4n) is 3.24. The normalized spacial score (nSPS) is 21.0. The van der Waals surface area contributed by atoms with E-state index in [0.29, 0.717) is 19.3 Å². The van der Waals surface area contributed by atoms with E-state index in [1.807, 2.05) is 44.2 Å². The van der Waals surface area contributed by atoms with E-state index in [2.05, 4.69) is 17.9 Å². The maximum absolute atomic E-state index is 12.8. The fourth-order valence-corrected chi connectivity index (χ4v) is 3.53. The lowest BCUT2D eigenvalue weighted by molar-refractivity contribution is -0.149. The first-order chi connectivity index (χ1) is 12.2. The molecule has 0 radical (unpaired) electrons. The third-order valence-corrected chi connectivity index (χ3v) is 5.18. The Kier molecular flexibility index (Phi) is 6.69. The van der Waals surface area contributed by atoms with Gasteiger partial charge in [-0.25, -0.2) is 0 Å². The van der Waals surface area contributed by atoms with Crippen molar-refractivity contribution in [3.05, 3.63) is 35.9 Å². The largest absolute Gasteiger partial charge is 0.480 e. The Balaban J connectivity index is 2.05. The van der Waals surface area contributed by atoms with E-state index in [0.717, 1.165) is 12.0 Å². The van der Waals surface area contributed by atoms with Gasteiger partial charge in [-0.1, -0.05) is 30.3 Å². The number of carbonyl (C=O) groups is 3. The fraction of sp³-hybridized carbons (Fsp3) is 0.526. The molecule has 26 heavy (non-hydrogen) atoms. The highest BCUT2D eigenvalue weighted by Gasteiger charge is 2.39. The van der Waals surface area contributed by atoms with Gasteiger partial charge in [0.15, 0.2) is 0 Å². The van der Waals surface area contributed by atoms with Crippen molar-refractivity contribution in [2.75, 3.05) is 6.54 Å². The molecule has 142 valence electrons. The summed E-state index contributed by atoms with van der Waals surface area (Å²) in [5, 5.41) is 11.3. The molecular weight excluding hydrogens is 352 g/mol. The van der Waals surface area contributed by atoms with Crippen molar-refractivity contribution in [2.24, 2.45) is 0 Å². The minimum absolute atomic E-state index is 0.314. The Morgan fingerprint density at radius 2 is 2.00 bits per heavy atom. The number of nitrogens with zero attached hydrogens (tertiary/aromatic N) is 1. The van der Waals surface area contributed by atoms with Gasteiger partial charge in [-0.15, -0.1) is 0 Å². The Hall–Kier alpha value is -2.02. The molecule has 2 rings (SSSR count). The van der Waals surface area contributed by atoms with Crippen molar-refractivity contribution in [1.82, 2.24) is 10.2 Å². The zero-order valence-corrected chi connectivity index (χ0v) is 16.0. The van der Waals surface area contributed by atoms with Gasteiger partial charge in [0.05, 0.1) is 5.25 Å². The molecule has 1 aromatic carbocycles. The summed E-state index contributed by atoms with van der Waals surface area (Å²) in [6, 6.07) is 8.83. The van der Waals surface area contributed by atoms with Crippen LogP contribution in [0.2, 0.25) is 0 Å². The Bertz CT molecular complexity index is 663. The number of hydrogen-bond donors (Lipinski definition) is 3. The summed E-state index contributed by atoms with van der Waals surface area (Å²) in [6.45, 7) is 3.34. The minimum atomic E-state index is -1.06. The monoisotopic (exact) mass is 378 g/mol. The number of amides is 2. The molecule has 0 bridgehead atoms. The molecule has 1 heterocycles. The third kappa shape index (κ3) is 5.24. The van der Waals surface area contributed by atoms with E-state index in [9.17, 15) is 14.4 Å². The summed E-state index contributed by atoms with van der Waals surface area (Å²) in [5.74, 6) is -1.72. The molecule has 0 saturated carbocycles. The van der Waals surface area contributed by atoms with Crippen LogP contribution in [-0.4, -0.2) is 51.2 Å². The number of rotatable bonds is 6. The summed E-state index contributed by atoms with van der Waals surface area (Å²) in [5.41, 5.74) is 0.433. The summed E-state index contributed by atoms with van der Waals surface area (Å²) >= 11 is 4.37. The Labute approximate surface area is 159 Å². The number of nitrogens with one attached hydrogen (secondary N) is 1. The van der Waals surface area contributed by atoms with Gasteiger partial charge in [0, 0.05) is 5.54 Å². The van der Waals surface area contributed by atoms with Gasteiger partial charge in [-0.05, 0) is 45.1 Å². The van der Waals surface area contributed by atoms with E-state index in [1.54, 1.807) is 0 Å². The molecule has 7 heteroatoms. The molecule has 0 spiro atoms. The highest BCUT2D eigenvalue weighted by Crippen LogP contribution is 2.27. The van der Waals surface area contributed by atoms with Gasteiger partial charge in [-0.3, -0.25) is 14.4 Å². The zero-order valence-electron chi connectivity index (χ0n) is 15.1. The minimum Gasteiger partial charge on any atom is -0.480 e. The molecule has 1 unspecified atom stereocenters. The average Bonchev–Trinajstić information content (AvgIpc) is 2.67. The number of carboxylic acid groups (broad SMARTS) is 1. The van der Waals surface area contributed by atoms with Gasteiger partial charge >= 0.3 is 5.97 Å². The van der Waals surface area contributed by atoms with Crippen molar-refractivity contribution in [3.8, 4) is 0 Å². The number of thiol groups is 1. The number of likely N-dealkylation sites (tertiary alicyclic amines) is 1. The Morgan fingerprint density at radius 1 is 1.35 bits per heavy atom. The summed E-state index contributed by atoms with van der Waals surface area (Å²) < 4.78 is 0. The van der Waals surface area contributed by atoms with E-state index >= 15 is 0 Å². The van der Waals surface area contributed by atoms with Crippen LogP contribution >= 0.6 is 12.6 Å². The molecule has 0 aliphatic carbocycles. The van der Waals surface area contributed by atoms with E-state index in [-0.39, 0.29) is 18.4 Å². The number of carboxylic acids is 1. The van der Waals surface area contributed by atoms with Crippen molar-refractivity contribution < 1.29 is 19.5 Å². The van der Waals surface area contributed by atoms with Crippen LogP contribution in [0.3, 0.4) is 0 Å². The number of hydrogen-bond acceptors (Lipinski definition) is 4. The highest BCUT2D eigenvalue weighted by atomic mass is 32.1. The van der Waals surface area contributed by atoms with Crippen molar-refractivity contribution in [1.29, 1.82) is 0 Å². The maximum atomic E-state index is 12.8. The van der Waals surface area contributed by atoms with Crippen LogP contribution in [0.25, 0.3) is 0 Å². The summed E-state index contributed by atoms with van der Waals surface area (Å²) in [4.78, 5) is 37.8. The van der Waals surface area contributed by atoms with E-state index < -0.39 is 22.8 Å². The van der Waals surface area contributed by atoms with Crippen molar-refractivity contribution in [3.63, 3.8) is 0 Å². The van der Waals surface area contributed by atoms with Gasteiger partial charge in [0.2, 0.25) is 11.8 Å². The molecule has 1 saturated heterocycles. The lowest BCUT2D eigenvalue weighted by Crippen LogP contribution is -2.56. The van der Waals surface area contributed by atoms with Crippen molar-refractivity contribution in [2.45, 2.75) is 56.4 Å². The number of carbonyl (C=O) groups excluding carboxylic acids is 2. The first-order valence-electron chi connectivity index (χ1n) is 8.76. The predicted molar refractivity (Wildman–Crippen MR) is 102 cm³/mol. The molecule has 1 fully saturated rings. The molecule has 2 atom stereocenters. The molecule has 6 nitrogen and oxygen atoms in total. The molecule has 0 aromatic heterocycles. The second-order valence-electron chi connectivity index (χ2n) is 7.29. The smallest absolute Gasteiger partial charge is 0.323 e. The summed E-state index contributed by atoms with van der Waals surface area (Å²) in [6.07, 6.45) is 2.37. The molecule has 1 aromatic rings. The van der Waals surface area contributed by atoms with Crippen LogP contribution in [-0.2, 0) is 20.8 Å². The maximum Gasteiger partial charge on any atom is 0.323 e. The van der Waals surface area contributed by atoms with Gasteiger partial charge in [0.25, 0.3) is 0 Å². The molecule has 1 aliphatic rings. The molecule has 2 amide bonds. The zero-order chi connectivity index (χ0) is 19.3. The average molecular weight is 378 g/mol. The second-order valence-corrected chi connectivity index (χ2v) is 7.91. The van der Waals surface area contributed by atoms with Crippen LogP contribution in [0.4, 0.5) is 0 Å². The summed E-state index contributed by atoms with van der Waals surface area (Å²) in [7, 11) is 0. The van der Waals surface area contributed by atoms with E-state index in [4.69, 9.17) is 5.11 Å². The van der Waals surface area contributed by atoms with E-state index in [1.165, 1.54) is 4.90 Å². The molecule has 1 aliphatic heterocycles. The quantitative estimate of drug-likeness (QED) is 0.660.